The first-order valence-corrected chi connectivity index (χ1v) is 10.9. The van der Waals surface area contributed by atoms with Crippen LogP contribution in [0.15, 0.2) is 36.4 Å². The van der Waals surface area contributed by atoms with Gasteiger partial charge in [-0.15, -0.1) is 0 Å². The highest BCUT2D eigenvalue weighted by Gasteiger charge is 2.52. The van der Waals surface area contributed by atoms with Gasteiger partial charge in [0.25, 0.3) is 0 Å². The molecule has 0 unspecified atom stereocenters. The van der Waals surface area contributed by atoms with Crippen molar-refractivity contribution in [2.45, 2.75) is 65.2 Å². The smallest absolute Gasteiger partial charge is 0.126 e. The van der Waals surface area contributed by atoms with Crippen molar-refractivity contribution in [3.05, 3.63) is 64.9 Å². The molecule has 2 saturated carbocycles. The fourth-order valence-electron chi connectivity index (χ4n) is 6.29. The van der Waals surface area contributed by atoms with Crippen LogP contribution < -0.4 is 0 Å². The summed E-state index contributed by atoms with van der Waals surface area (Å²) in [5, 5.41) is 1.03. The second-order valence-corrected chi connectivity index (χ2v) is 10.0. The molecule has 3 heteroatoms. The fourth-order valence-corrected chi connectivity index (χ4v) is 6.29. The summed E-state index contributed by atoms with van der Waals surface area (Å²) in [6.45, 7) is 8.56. The molecule has 0 saturated heterocycles. The van der Waals surface area contributed by atoms with E-state index in [0.717, 1.165) is 22.5 Å². The van der Waals surface area contributed by atoms with Gasteiger partial charge in [-0.05, 0) is 103 Å². The third-order valence-corrected chi connectivity index (χ3v) is 7.28. The Morgan fingerprint density at radius 3 is 2.34 bits per heavy atom. The first kappa shape index (κ1) is 18.8. The second kappa shape index (κ2) is 6.42. The van der Waals surface area contributed by atoms with E-state index in [1.165, 1.54) is 43.0 Å². The van der Waals surface area contributed by atoms with Crippen molar-refractivity contribution in [3.63, 3.8) is 0 Å². The number of halogens is 2. The molecule has 2 fully saturated rings. The van der Waals surface area contributed by atoms with Gasteiger partial charge in [-0.3, -0.25) is 0 Å². The van der Waals surface area contributed by atoms with E-state index in [1.54, 1.807) is 19.1 Å². The molecule has 5 rings (SSSR count). The SMILES string of the molecule is Cc1cc(-n2c(C(C)C)c(C3CC4(CC(C)C4)C3)c3cc(F)ccc32)ccc1F. The maximum Gasteiger partial charge on any atom is 0.126 e. The van der Waals surface area contributed by atoms with Gasteiger partial charge in [0, 0.05) is 16.8 Å². The van der Waals surface area contributed by atoms with E-state index in [1.807, 2.05) is 18.2 Å². The molecule has 0 radical (unpaired) electrons. The number of rotatable bonds is 3. The number of fused-ring (bicyclic) bond motifs is 1. The first-order chi connectivity index (χ1) is 13.8. The quantitative estimate of drug-likeness (QED) is 0.431. The standard InChI is InChI=1S/C26H29F2N/c1-15(2)25-24(18-13-26(14-18)11-16(3)12-26)21-10-19(27)5-8-23(21)29(25)20-6-7-22(28)17(4)9-20/h5-10,15-16,18H,11-14H2,1-4H3. The minimum atomic E-state index is -0.192. The normalized spacial score (nSPS) is 26.2. The van der Waals surface area contributed by atoms with Crippen LogP contribution in [-0.4, -0.2) is 4.57 Å². The highest BCUT2D eigenvalue weighted by molar-refractivity contribution is 5.88. The Bertz CT molecular complexity index is 1090. The summed E-state index contributed by atoms with van der Waals surface area (Å²) in [5.41, 5.74) is 5.73. The van der Waals surface area contributed by atoms with Crippen LogP contribution in [0.1, 0.15) is 75.1 Å². The lowest BCUT2D eigenvalue weighted by molar-refractivity contribution is -0.0340. The Kier molecular flexibility index (Phi) is 4.17. The molecule has 2 aliphatic rings. The lowest BCUT2D eigenvalue weighted by Crippen LogP contribution is -2.45. The van der Waals surface area contributed by atoms with Gasteiger partial charge in [0.2, 0.25) is 0 Å². The molecule has 0 aliphatic heterocycles. The van der Waals surface area contributed by atoms with Crippen LogP contribution in [0.2, 0.25) is 0 Å². The maximum atomic E-state index is 14.3. The second-order valence-electron chi connectivity index (χ2n) is 10.0. The molecule has 1 spiro atoms. The average Bonchev–Trinajstić information content (AvgIpc) is 2.93. The van der Waals surface area contributed by atoms with Gasteiger partial charge < -0.3 is 4.57 Å². The summed E-state index contributed by atoms with van der Waals surface area (Å²) >= 11 is 0. The van der Waals surface area contributed by atoms with Gasteiger partial charge in [0.1, 0.15) is 11.6 Å². The van der Waals surface area contributed by atoms with Crippen LogP contribution in [-0.2, 0) is 0 Å². The molecule has 2 aromatic carbocycles. The van der Waals surface area contributed by atoms with E-state index in [9.17, 15) is 8.78 Å². The molecule has 0 N–H and O–H groups in total. The Balaban J connectivity index is 1.71. The number of aryl methyl sites for hydroxylation is 1. The van der Waals surface area contributed by atoms with Crippen molar-refractivity contribution < 1.29 is 8.78 Å². The summed E-state index contributed by atoms with van der Waals surface area (Å²) in [5.74, 6) is 1.26. The predicted molar refractivity (Wildman–Crippen MR) is 115 cm³/mol. The highest BCUT2D eigenvalue weighted by atomic mass is 19.1. The molecule has 0 amide bonds. The highest BCUT2D eigenvalue weighted by Crippen LogP contribution is 2.65. The van der Waals surface area contributed by atoms with Crippen molar-refractivity contribution in [1.82, 2.24) is 4.57 Å². The largest absolute Gasteiger partial charge is 0.313 e. The molecule has 1 heterocycles. The van der Waals surface area contributed by atoms with Crippen molar-refractivity contribution in [2.24, 2.45) is 11.3 Å². The van der Waals surface area contributed by atoms with E-state index in [4.69, 9.17) is 0 Å². The summed E-state index contributed by atoms with van der Waals surface area (Å²) in [4.78, 5) is 0. The summed E-state index contributed by atoms with van der Waals surface area (Å²) in [6, 6.07) is 10.4. The number of aromatic nitrogens is 1. The number of benzene rings is 2. The third kappa shape index (κ3) is 2.85. The average molecular weight is 394 g/mol. The molecule has 0 bridgehead atoms. The van der Waals surface area contributed by atoms with Crippen LogP contribution >= 0.6 is 0 Å². The molecule has 0 atom stereocenters. The molecule has 29 heavy (non-hydrogen) atoms. The summed E-state index contributed by atoms with van der Waals surface area (Å²) in [6.07, 6.45) is 5.11. The number of hydrogen-bond donors (Lipinski definition) is 0. The van der Waals surface area contributed by atoms with Gasteiger partial charge in [-0.1, -0.05) is 20.8 Å². The van der Waals surface area contributed by atoms with E-state index in [2.05, 4.69) is 25.3 Å². The Morgan fingerprint density at radius 2 is 1.72 bits per heavy atom. The molecule has 2 aliphatic carbocycles. The van der Waals surface area contributed by atoms with Crippen molar-refractivity contribution >= 4 is 10.9 Å². The number of hydrogen-bond acceptors (Lipinski definition) is 0. The van der Waals surface area contributed by atoms with Gasteiger partial charge >= 0.3 is 0 Å². The molecule has 1 aromatic heterocycles. The molecule has 3 aromatic rings. The maximum absolute atomic E-state index is 14.3. The molecular formula is C26H29F2N. The van der Waals surface area contributed by atoms with Crippen molar-refractivity contribution in [2.75, 3.05) is 0 Å². The summed E-state index contributed by atoms with van der Waals surface area (Å²) in [7, 11) is 0. The first-order valence-electron chi connectivity index (χ1n) is 10.9. The van der Waals surface area contributed by atoms with E-state index in [0.29, 0.717) is 22.8 Å². The monoisotopic (exact) mass is 393 g/mol. The van der Waals surface area contributed by atoms with Crippen LogP contribution in [0.3, 0.4) is 0 Å². The van der Waals surface area contributed by atoms with E-state index < -0.39 is 0 Å². The van der Waals surface area contributed by atoms with Crippen LogP contribution in [0.4, 0.5) is 8.78 Å². The van der Waals surface area contributed by atoms with Gasteiger partial charge in [-0.2, -0.15) is 0 Å². The van der Waals surface area contributed by atoms with Crippen LogP contribution in [0.25, 0.3) is 16.6 Å². The van der Waals surface area contributed by atoms with Gasteiger partial charge in [0.15, 0.2) is 0 Å². The van der Waals surface area contributed by atoms with Crippen molar-refractivity contribution in [3.8, 4) is 5.69 Å². The van der Waals surface area contributed by atoms with Gasteiger partial charge in [-0.25, -0.2) is 8.78 Å². The zero-order valence-corrected chi connectivity index (χ0v) is 17.7. The topological polar surface area (TPSA) is 4.93 Å². The lowest BCUT2D eigenvalue weighted by atomic mass is 9.47. The lowest BCUT2D eigenvalue weighted by Gasteiger charge is -2.57. The third-order valence-electron chi connectivity index (χ3n) is 7.28. The fraction of sp³-hybridized carbons (Fsp3) is 0.462. The Labute approximate surface area is 171 Å². The summed E-state index contributed by atoms with van der Waals surface area (Å²) < 4.78 is 30.5. The Hall–Kier alpha value is -2.16. The number of nitrogens with zero attached hydrogens (tertiary/aromatic N) is 1. The van der Waals surface area contributed by atoms with Gasteiger partial charge in [0.05, 0.1) is 5.52 Å². The molecular weight excluding hydrogens is 364 g/mol. The molecule has 152 valence electrons. The van der Waals surface area contributed by atoms with E-state index >= 15 is 0 Å². The minimum absolute atomic E-state index is 0.187. The van der Waals surface area contributed by atoms with Crippen molar-refractivity contribution in [1.29, 1.82) is 0 Å². The minimum Gasteiger partial charge on any atom is -0.313 e. The van der Waals surface area contributed by atoms with Crippen LogP contribution in [0.5, 0.6) is 0 Å². The van der Waals surface area contributed by atoms with E-state index in [-0.39, 0.29) is 11.6 Å². The van der Waals surface area contributed by atoms with Crippen LogP contribution in [0, 0.1) is 29.9 Å². The molecule has 1 nitrogen and oxygen atoms in total. The Morgan fingerprint density at radius 1 is 1.00 bits per heavy atom. The zero-order valence-electron chi connectivity index (χ0n) is 17.7. The zero-order chi connectivity index (χ0) is 20.5. The predicted octanol–water partition coefficient (Wildman–Crippen LogP) is 7.63.